The van der Waals surface area contributed by atoms with E-state index in [1.165, 1.54) is 347 Å². The summed E-state index contributed by atoms with van der Waals surface area (Å²) in [6.45, 7) is 4.96. The number of carbonyl (C=O) groups excluding carboxylic acids is 2. The maximum absolute atomic E-state index is 12.5. The summed E-state index contributed by atoms with van der Waals surface area (Å²) in [6.07, 6.45) is 96.6. The number of carbonyl (C=O) groups is 2. The van der Waals surface area contributed by atoms with Gasteiger partial charge in [0.2, 0.25) is 5.91 Å². The molecule has 0 aliphatic carbocycles. The molecule has 2 atom stereocenters. The molecule has 0 aromatic rings. The van der Waals surface area contributed by atoms with Crippen molar-refractivity contribution in [3.05, 3.63) is 36.5 Å². The van der Waals surface area contributed by atoms with Crippen molar-refractivity contribution < 1.29 is 24.5 Å². The predicted octanol–water partition coefficient (Wildman–Crippen LogP) is 25.4. The maximum atomic E-state index is 12.5. The second kappa shape index (κ2) is 74.5. The highest BCUT2D eigenvalue weighted by Gasteiger charge is 2.20. The van der Waals surface area contributed by atoms with E-state index in [9.17, 15) is 19.8 Å². The van der Waals surface area contributed by atoms with E-state index in [1.54, 1.807) is 0 Å². The van der Waals surface area contributed by atoms with Gasteiger partial charge in [-0.3, -0.25) is 9.59 Å². The topological polar surface area (TPSA) is 95.9 Å². The van der Waals surface area contributed by atoms with Gasteiger partial charge in [-0.25, -0.2) is 0 Å². The molecule has 0 heterocycles. The van der Waals surface area contributed by atoms with E-state index in [4.69, 9.17) is 4.74 Å². The molecule has 0 aromatic carbocycles. The van der Waals surface area contributed by atoms with E-state index in [2.05, 4.69) is 55.6 Å². The van der Waals surface area contributed by atoms with Crippen LogP contribution in [-0.2, 0) is 14.3 Å². The molecule has 6 nitrogen and oxygen atoms in total. The minimum Gasteiger partial charge on any atom is -0.466 e. The van der Waals surface area contributed by atoms with Crippen molar-refractivity contribution in [2.24, 2.45) is 0 Å². The van der Waals surface area contributed by atoms with E-state index in [-0.39, 0.29) is 18.5 Å². The molecule has 6 heteroatoms. The number of ether oxygens (including phenoxy) is 1. The summed E-state index contributed by atoms with van der Waals surface area (Å²) < 4.78 is 5.50. The van der Waals surface area contributed by atoms with Crippen molar-refractivity contribution in [2.75, 3.05) is 13.2 Å². The molecule has 0 spiro atoms. The highest BCUT2D eigenvalue weighted by atomic mass is 16.5. The lowest BCUT2D eigenvalue weighted by molar-refractivity contribution is -0.143. The van der Waals surface area contributed by atoms with Crippen LogP contribution in [-0.4, -0.2) is 47.4 Å². The zero-order valence-corrected chi connectivity index (χ0v) is 57.6. The monoisotopic (exact) mass is 1190 g/mol. The summed E-state index contributed by atoms with van der Waals surface area (Å²) in [4.78, 5) is 24.6. The van der Waals surface area contributed by atoms with Crippen LogP contribution in [0, 0.1) is 0 Å². The van der Waals surface area contributed by atoms with Crippen molar-refractivity contribution >= 4 is 11.9 Å². The van der Waals surface area contributed by atoms with Gasteiger partial charge >= 0.3 is 5.97 Å². The van der Waals surface area contributed by atoms with Gasteiger partial charge in [0.15, 0.2) is 0 Å². The van der Waals surface area contributed by atoms with Gasteiger partial charge in [0, 0.05) is 12.8 Å². The van der Waals surface area contributed by atoms with Crippen LogP contribution in [0.5, 0.6) is 0 Å². The van der Waals surface area contributed by atoms with Crippen LogP contribution < -0.4 is 5.32 Å². The molecule has 0 fully saturated rings. The Morgan fingerprint density at radius 2 is 0.588 bits per heavy atom. The molecule has 0 aliphatic heterocycles. The average molecular weight is 1200 g/mol. The minimum absolute atomic E-state index is 0.0142. The number of rotatable bonds is 73. The summed E-state index contributed by atoms with van der Waals surface area (Å²) in [7, 11) is 0. The summed E-state index contributed by atoms with van der Waals surface area (Å²) >= 11 is 0. The smallest absolute Gasteiger partial charge is 0.305 e. The molecule has 0 radical (unpaired) electrons. The Bertz CT molecular complexity index is 1380. The van der Waals surface area contributed by atoms with Crippen molar-refractivity contribution in [3.63, 3.8) is 0 Å². The minimum atomic E-state index is -0.661. The SMILES string of the molecule is CCCCC/C=C\C/C=C\CCCCCCCCCC(=O)OCCCCCCCCCCCCCCCCCC/C=C\CCCCCCCCCCCCCCCCCCCC(=O)NC(CO)C(O)CCCCCCCCCCCCCCCC. The Labute approximate surface area is 532 Å². The molecular weight excluding hydrogens is 1040 g/mol. The molecule has 0 aromatic heterocycles. The third-order valence-electron chi connectivity index (χ3n) is 18.2. The zero-order valence-electron chi connectivity index (χ0n) is 57.6. The van der Waals surface area contributed by atoms with E-state index in [0.717, 1.165) is 51.4 Å². The number of esters is 1. The second-order valence-corrected chi connectivity index (χ2v) is 26.7. The van der Waals surface area contributed by atoms with E-state index >= 15 is 0 Å². The first kappa shape index (κ1) is 83.1. The highest BCUT2D eigenvalue weighted by Crippen LogP contribution is 2.19. The largest absolute Gasteiger partial charge is 0.466 e. The van der Waals surface area contributed by atoms with Crippen LogP contribution in [0.25, 0.3) is 0 Å². The lowest BCUT2D eigenvalue weighted by atomic mass is 10.0. The summed E-state index contributed by atoms with van der Waals surface area (Å²) in [5, 5.41) is 23.3. The Hall–Kier alpha value is -1.92. The fourth-order valence-corrected chi connectivity index (χ4v) is 12.3. The van der Waals surface area contributed by atoms with Crippen LogP contribution in [0.1, 0.15) is 431 Å². The van der Waals surface area contributed by atoms with Crippen LogP contribution in [0.4, 0.5) is 0 Å². The Morgan fingerprint density at radius 3 is 0.929 bits per heavy atom. The molecule has 85 heavy (non-hydrogen) atoms. The van der Waals surface area contributed by atoms with Crippen LogP contribution >= 0.6 is 0 Å². The number of hydrogen-bond donors (Lipinski definition) is 3. The van der Waals surface area contributed by atoms with Crippen LogP contribution in [0.15, 0.2) is 36.5 Å². The lowest BCUT2D eigenvalue weighted by Gasteiger charge is -2.22. The predicted molar refractivity (Wildman–Crippen MR) is 375 cm³/mol. The molecule has 0 aliphatic rings. The molecule has 0 saturated carbocycles. The number of aliphatic hydroxyl groups is 2. The number of allylic oxidation sites excluding steroid dienone is 6. The first-order valence-corrected chi connectivity index (χ1v) is 38.7. The summed E-state index contributed by atoms with van der Waals surface area (Å²) in [5.41, 5.74) is 0. The number of aliphatic hydroxyl groups excluding tert-OH is 2. The Balaban J connectivity index is 3.32. The third-order valence-corrected chi connectivity index (χ3v) is 18.2. The van der Waals surface area contributed by atoms with Crippen molar-refractivity contribution in [1.82, 2.24) is 5.32 Å². The standard InChI is InChI=1S/C79H151NO5/c1-3-5-7-9-11-13-15-17-19-41-45-49-53-57-61-65-69-73-79(84)85-74-70-66-62-58-54-50-46-43-40-38-36-34-32-30-28-26-24-22-20-21-23-25-27-29-31-33-35-37-39-42-44-48-52-56-60-64-68-72-78(83)80-76(75-81)77(82)71-67-63-59-55-51-47-18-16-14-12-10-8-6-4-2/h11,13,17,19-20,22,76-77,81-82H,3-10,12,14-16,18,21,23-75H2,1-2H3,(H,80,83)/b13-11-,19-17-,22-20-. The van der Waals surface area contributed by atoms with Gasteiger partial charge in [0.25, 0.3) is 0 Å². The molecule has 0 bridgehead atoms. The van der Waals surface area contributed by atoms with Gasteiger partial charge in [-0.15, -0.1) is 0 Å². The molecule has 2 unspecified atom stereocenters. The van der Waals surface area contributed by atoms with Crippen LogP contribution in [0.2, 0.25) is 0 Å². The maximum Gasteiger partial charge on any atom is 0.305 e. The molecule has 502 valence electrons. The van der Waals surface area contributed by atoms with Crippen molar-refractivity contribution in [3.8, 4) is 0 Å². The normalized spacial score (nSPS) is 12.7. The first-order valence-electron chi connectivity index (χ1n) is 38.7. The Morgan fingerprint density at radius 1 is 0.329 bits per heavy atom. The van der Waals surface area contributed by atoms with Crippen molar-refractivity contribution in [1.29, 1.82) is 0 Å². The molecule has 1 amide bonds. The zero-order chi connectivity index (χ0) is 61.3. The van der Waals surface area contributed by atoms with E-state index in [0.29, 0.717) is 25.9 Å². The third kappa shape index (κ3) is 71.0. The first-order chi connectivity index (χ1) is 42.0. The van der Waals surface area contributed by atoms with Crippen LogP contribution in [0.3, 0.4) is 0 Å². The number of hydrogen-bond acceptors (Lipinski definition) is 5. The quantitative estimate of drug-likeness (QED) is 0.0320. The lowest BCUT2D eigenvalue weighted by Crippen LogP contribution is -2.45. The number of amides is 1. The van der Waals surface area contributed by atoms with Gasteiger partial charge in [0.05, 0.1) is 25.4 Å². The van der Waals surface area contributed by atoms with E-state index in [1.807, 2.05) is 0 Å². The van der Waals surface area contributed by atoms with Gasteiger partial charge < -0.3 is 20.3 Å². The van der Waals surface area contributed by atoms with Gasteiger partial charge in [-0.05, 0) is 83.5 Å². The van der Waals surface area contributed by atoms with E-state index < -0.39 is 12.1 Å². The number of nitrogens with one attached hydrogen (secondary N) is 1. The summed E-state index contributed by atoms with van der Waals surface area (Å²) in [5.74, 6) is -0.0141. The summed E-state index contributed by atoms with van der Waals surface area (Å²) in [6, 6.07) is -0.538. The molecule has 3 N–H and O–H groups in total. The average Bonchev–Trinajstić information content (AvgIpc) is 3.52. The number of unbranched alkanes of at least 4 members (excludes halogenated alkanes) is 56. The fourth-order valence-electron chi connectivity index (χ4n) is 12.3. The Kier molecular flexibility index (Phi) is 72.9. The molecular formula is C79H151NO5. The molecule has 0 rings (SSSR count). The highest BCUT2D eigenvalue weighted by molar-refractivity contribution is 5.76. The van der Waals surface area contributed by atoms with Crippen molar-refractivity contribution in [2.45, 2.75) is 443 Å². The van der Waals surface area contributed by atoms with Gasteiger partial charge in [-0.2, -0.15) is 0 Å². The van der Waals surface area contributed by atoms with Gasteiger partial charge in [-0.1, -0.05) is 371 Å². The fraction of sp³-hybridized carbons (Fsp3) is 0.899. The van der Waals surface area contributed by atoms with Gasteiger partial charge in [0.1, 0.15) is 0 Å². The molecule has 0 saturated heterocycles. The second-order valence-electron chi connectivity index (χ2n) is 26.7.